The lowest BCUT2D eigenvalue weighted by Crippen LogP contribution is -2.50. The summed E-state index contributed by atoms with van der Waals surface area (Å²) in [5.74, 6) is -1.23. The molecule has 0 aliphatic heterocycles. The number of amides is 1. The predicted octanol–water partition coefficient (Wildman–Crippen LogP) is -4.09. The molecule has 0 fully saturated rings. The van der Waals surface area contributed by atoms with Crippen LogP contribution in [-0.2, 0) is 4.79 Å². The summed E-state index contributed by atoms with van der Waals surface area (Å²) in [7, 11) is 0. The molecule has 7 heteroatoms. The summed E-state index contributed by atoms with van der Waals surface area (Å²) in [4.78, 5) is 10.3. The summed E-state index contributed by atoms with van der Waals surface area (Å²) in [5, 5.41) is 44.0. The molecule has 0 spiro atoms. The quantitative estimate of drug-likeness (QED) is 0.263. The average molecular weight is 195 g/mol. The minimum Gasteiger partial charge on any atom is -0.394 e. The number of primary amides is 1. The number of hydrogen-bond acceptors (Lipinski definition) is 6. The van der Waals surface area contributed by atoms with Crippen molar-refractivity contribution in [2.45, 2.75) is 24.4 Å². The molecule has 0 aliphatic rings. The Balaban J connectivity index is 4.24. The van der Waals surface area contributed by atoms with Crippen molar-refractivity contribution in [3.8, 4) is 0 Å². The van der Waals surface area contributed by atoms with Gasteiger partial charge in [-0.15, -0.1) is 0 Å². The zero-order valence-electron chi connectivity index (χ0n) is 6.74. The Hall–Kier alpha value is -0.730. The molecule has 0 aliphatic carbocycles. The van der Waals surface area contributed by atoms with Crippen LogP contribution in [-0.4, -0.2) is 62.5 Å². The van der Waals surface area contributed by atoms with Gasteiger partial charge in [-0.3, -0.25) is 4.79 Å². The van der Waals surface area contributed by atoms with Crippen LogP contribution in [0.4, 0.5) is 0 Å². The third-order valence-corrected chi connectivity index (χ3v) is 1.55. The molecule has 0 bridgehead atoms. The number of hydrogen-bond donors (Lipinski definition) is 6. The van der Waals surface area contributed by atoms with Crippen LogP contribution in [0.2, 0.25) is 0 Å². The highest BCUT2D eigenvalue weighted by atomic mass is 16.4. The van der Waals surface area contributed by atoms with Crippen molar-refractivity contribution in [1.82, 2.24) is 0 Å². The van der Waals surface area contributed by atoms with Crippen molar-refractivity contribution in [3.63, 3.8) is 0 Å². The molecule has 0 saturated carbocycles. The molecular weight excluding hydrogens is 182 g/mol. The molecule has 4 atom stereocenters. The maximum absolute atomic E-state index is 10.3. The zero-order chi connectivity index (χ0) is 10.6. The fourth-order valence-electron chi connectivity index (χ4n) is 0.691. The van der Waals surface area contributed by atoms with Gasteiger partial charge < -0.3 is 31.3 Å². The fraction of sp³-hybridized carbons (Fsp3) is 0.833. The standard InChI is InChI=1S/C6H13NO6/c7-6(13)5(12)4(11)3(10)2(9)1-8/h2-5,8-12H,1H2,(H2,7,13)/t2?,3-,4+,5-/m0/s1. The highest BCUT2D eigenvalue weighted by Gasteiger charge is 2.32. The van der Waals surface area contributed by atoms with Gasteiger partial charge in [-0.05, 0) is 0 Å². The molecule has 7 nitrogen and oxygen atoms in total. The maximum Gasteiger partial charge on any atom is 0.249 e. The van der Waals surface area contributed by atoms with Crippen LogP contribution in [0, 0.1) is 0 Å². The molecule has 0 aromatic carbocycles. The van der Waals surface area contributed by atoms with Crippen LogP contribution >= 0.6 is 0 Å². The van der Waals surface area contributed by atoms with E-state index in [1.165, 1.54) is 0 Å². The second kappa shape index (κ2) is 5.10. The van der Waals surface area contributed by atoms with E-state index in [9.17, 15) is 4.79 Å². The molecule has 0 saturated heterocycles. The monoisotopic (exact) mass is 195 g/mol. The first-order valence-corrected chi connectivity index (χ1v) is 3.54. The van der Waals surface area contributed by atoms with Gasteiger partial charge in [0.2, 0.25) is 5.91 Å². The predicted molar refractivity (Wildman–Crippen MR) is 40.3 cm³/mol. The lowest BCUT2D eigenvalue weighted by atomic mass is 10.0. The Morgan fingerprint density at radius 3 is 1.92 bits per heavy atom. The minimum atomic E-state index is -1.98. The Kier molecular flexibility index (Phi) is 4.81. The largest absolute Gasteiger partial charge is 0.394 e. The van der Waals surface area contributed by atoms with Crippen molar-refractivity contribution in [1.29, 1.82) is 0 Å². The minimum absolute atomic E-state index is 0.802. The van der Waals surface area contributed by atoms with E-state index in [0.717, 1.165) is 0 Å². The summed E-state index contributed by atoms with van der Waals surface area (Å²) < 4.78 is 0. The van der Waals surface area contributed by atoms with Crippen LogP contribution in [0.25, 0.3) is 0 Å². The average Bonchev–Trinajstić information content (AvgIpc) is 2.12. The number of rotatable bonds is 5. The first-order valence-electron chi connectivity index (χ1n) is 3.54. The van der Waals surface area contributed by atoms with Gasteiger partial charge in [-0.25, -0.2) is 0 Å². The Morgan fingerprint density at radius 2 is 1.62 bits per heavy atom. The molecule has 0 rings (SSSR count). The third-order valence-electron chi connectivity index (χ3n) is 1.55. The number of carbonyl (C=O) groups excluding carboxylic acids is 1. The fourth-order valence-corrected chi connectivity index (χ4v) is 0.691. The Labute approximate surface area is 74.0 Å². The van der Waals surface area contributed by atoms with E-state index in [-0.39, 0.29) is 0 Å². The van der Waals surface area contributed by atoms with Gasteiger partial charge in [-0.1, -0.05) is 0 Å². The van der Waals surface area contributed by atoms with Crippen LogP contribution in [0.1, 0.15) is 0 Å². The summed E-state index contributed by atoms with van der Waals surface area (Å²) in [6, 6.07) is 0. The van der Waals surface area contributed by atoms with Gasteiger partial charge in [0.1, 0.15) is 18.3 Å². The number of aliphatic hydroxyl groups excluding tert-OH is 5. The van der Waals surface area contributed by atoms with E-state index in [1.807, 2.05) is 0 Å². The van der Waals surface area contributed by atoms with E-state index in [4.69, 9.17) is 25.5 Å². The molecule has 0 aromatic heterocycles. The van der Waals surface area contributed by atoms with Crippen molar-refractivity contribution < 1.29 is 30.3 Å². The normalized spacial score (nSPS) is 20.4. The number of aliphatic hydroxyl groups is 5. The van der Waals surface area contributed by atoms with E-state index in [0.29, 0.717) is 0 Å². The lowest BCUT2D eigenvalue weighted by molar-refractivity contribution is -0.146. The number of nitrogens with two attached hydrogens (primary N) is 1. The molecule has 78 valence electrons. The molecule has 7 N–H and O–H groups in total. The first-order chi connectivity index (χ1) is 5.91. The molecule has 1 amide bonds. The van der Waals surface area contributed by atoms with Crippen LogP contribution in [0.3, 0.4) is 0 Å². The van der Waals surface area contributed by atoms with Crippen LogP contribution in [0.5, 0.6) is 0 Å². The second-order valence-corrected chi connectivity index (χ2v) is 2.58. The van der Waals surface area contributed by atoms with Gasteiger partial charge in [0.15, 0.2) is 6.10 Å². The van der Waals surface area contributed by atoms with Crippen molar-refractivity contribution in [2.75, 3.05) is 6.61 Å². The first kappa shape index (κ1) is 12.3. The Bertz CT molecular complexity index is 175. The van der Waals surface area contributed by atoms with Gasteiger partial charge in [-0.2, -0.15) is 0 Å². The smallest absolute Gasteiger partial charge is 0.249 e. The summed E-state index contributed by atoms with van der Waals surface area (Å²) in [6.45, 7) is -0.802. The van der Waals surface area contributed by atoms with Gasteiger partial charge in [0, 0.05) is 0 Å². The molecule has 0 heterocycles. The van der Waals surface area contributed by atoms with Crippen LogP contribution < -0.4 is 5.73 Å². The number of carbonyl (C=O) groups is 1. The Morgan fingerprint density at radius 1 is 1.15 bits per heavy atom. The molecule has 0 aromatic rings. The zero-order valence-corrected chi connectivity index (χ0v) is 6.74. The second-order valence-electron chi connectivity index (χ2n) is 2.58. The molecule has 0 radical (unpaired) electrons. The highest BCUT2D eigenvalue weighted by molar-refractivity contribution is 5.79. The van der Waals surface area contributed by atoms with Crippen molar-refractivity contribution in [2.24, 2.45) is 5.73 Å². The molecule has 13 heavy (non-hydrogen) atoms. The topological polar surface area (TPSA) is 144 Å². The lowest BCUT2D eigenvalue weighted by Gasteiger charge is -2.23. The van der Waals surface area contributed by atoms with E-state index < -0.39 is 36.9 Å². The summed E-state index contributed by atoms with van der Waals surface area (Å²) >= 11 is 0. The highest BCUT2D eigenvalue weighted by Crippen LogP contribution is 2.04. The molecule has 1 unspecified atom stereocenters. The molecular formula is C6H13NO6. The third kappa shape index (κ3) is 3.25. The SMILES string of the molecule is NC(=O)[C@@H](O)[C@H](O)[C@@H](O)C(O)CO. The van der Waals surface area contributed by atoms with Crippen molar-refractivity contribution >= 4 is 5.91 Å². The maximum atomic E-state index is 10.3. The van der Waals surface area contributed by atoms with E-state index in [1.54, 1.807) is 0 Å². The van der Waals surface area contributed by atoms with Gasteiger partial charge in [0.05, 0.1) is 6.61 Å². The van der Waals surface area contributed by atoms with E-state index >= 15 is 0 Å². The summed E-state index contributed by atoms with van der Waals surface area (Å²) in [6.07, 6.45) is -7.35. The van der Waals surface area contributed by atoms with Crippen LogP contribution in [0.15, 0.2) is 0 Å². The van der Waals surface area contributed by atoms with Gasteiger partial charge >= 0.3 is 0 Å². The summed E-state index contributed by atoms with van der Waals surface area (Å²) in [5.41, 5.74) is 4.61. The van der Waals surface area contributed by atoms with E-state index in [2.05, 4.69) is 5.73 Å². The van der Waals surface area contributed by atoms with Gasteiger partial charge in [0.25, 0.3) is 0 Å². The van der Waals surface area contributed by atoms with Crippen molar-refractivity contribution in [3.05, 3.63) is 0 Å².